The molecule has 1 aliphatic heterocycles. The lowest BCUT2D eigenvalue weighted by Crippen LogP contribution is -2.24. The third-order valence-electron chi connectivity index (χ3n) is 5.64. The zero-order valence-electron chi connectivity index (χ0n) is 17.4. The Morgan fingerprint density at radius 2 is 1.63 bits per heavy atom. The molecular formula is C26H25N3O. The number of para-hydroxylation sites is 2. The number of hydrogen-bond acceptors (Lipinski definition) is 2. The van der Waals surface area contributed by atoms with E-state index < -0.39 is 0 Å². The lowest BCUT2D eigenvalue weighted by Gasteiger charge is -2.11. The number of hydrogen-bond donors (Lipinski definition) is 0. The van der Waals surface area contributed by atoms with E-state index in [0.29, 0.717) is 6.02 Å². The van der Waals surface area contributed by atoms with Crippen LogP contribution in [0.15, 0.2) is 83.5 Å². The van der Waals surface area contributed by atoms with E-state index in [1.807, 2.05) is 30.3 Å². The summed E-state index contributed by atoms with van der Waals surface area (Å²) >= 11 is 0. The number of benzene rings is 3. The molecule has 0 amide bonds. The highest BCUT2D eigenvalue weighted by Crippen LogP contribution is 2.30. The van der Waals surface area contributed by atoms with E-state index in [9.17, 15) is 0 Å². The zero-order valence-corrected chi connectivity index (χ0v) is 17.4. The third kappa shape index (κ3) is 3.24. The maximum absolute atomic E-state index is 6.13. The third-order valence-corrected chi connectivity index (χ3v) is 5.64. The van der Waals surface area contributed by atoms with Crippen molar-refractivity contribution in [3.8, 4) is 0 Å². The number of aromatic nitrogens is 1. The van der Waals surface area contributed by atoms with Crippen LogP contribution in [0, 0.1) is 0 Å². The maximum atomic E-state index is 6.13. The van der Waals surface area contributed by atoms with Crippen LogP contribution in [-0.4, -0.2) is 28.6 Å². The van der Waals surface area contributed by atoms with E-state index in [1.54, 1.807) is 0 Å². The van der Waals surface area contributed by atoms with Gasteiger partial charge in [-0.25, -0.2) is 0 Å². The number of amidine groups is 1. The molecule has 150 valence electrons. The maximum Gasteiger partial charge on any atom is 0.298 e. The van der Waals surface area contributed by atoms with Crippen molar-refractivity contribution < 1.29 is 4.74 Å². The van der Waals surface area contributed by atoms with Crippen LogP contribution in [0.1, 0.15) is 19.4 Å². The molecule has 0 saturated carbocycles. The van der Waals surface area contributed by atoms with Crippen LogP contribution in [0.4, 0.5) is 5.69 Å². The normalized spacial score (nSPS) is 16.8. The van der Waals surface area contributed by atoms with Crippen LogP contribution in [0.2, 0.25) is 0 Å². The molecule has 3 aromatic carbocycles. The summed E-state index contributed by atoms with van der Waals surface area (Å²) in [5.41, 5.74) is 4.61. The van der Waals surface area contributed by atoms with Gasteiger partial charge in [-0.2, -0.15) is 4.99 Å². The van der Waals surface area contributed by atoms with Crippen molar-refractivity contribution in [3.05, 3.63) is 84.1 Å². The summed E-state index contributed by atoms with van der Waals surface area (Å²) in [6.45, 7) is 6.86. The van der Waals surface area contributed by atoms with Crippen LogP contribution in [0.5, 0.6) is 0 Å². The van der Waals surface area contributed by atoms with Crippen LogP contribution < -0.4 is 0 Å². The van der Waals surface area contributed by atoms with Gasteiger partial charge in [-0.15, -0.1) is 0 Å². The van der Waals surface area contributed by atoms with Crippen molar-refractivity contribution in [1.82, 2.24) is 9.47 Å². The Labute approximate surface area is 176 Å². The van der Waals surface area contributed by atoms with E-state index in [4.69, 9.17) is 4.74 Å². The molecule has 1 aromatic heterocycles. The Morgan fingerprint density at radius 1 is 0.867 bits per heavy atom. The molecule has 4 aromatic rings. The first-order valence-corrected chi connectivity index (χ1v) is 10.5. The van der Waals surface area contributed by atoms with Crippen molar-refractivity contribution in [3.63, 3.8) is 0 Å². The Morgan fingerprint density at radius 3 is 2.43 bits per heavy atom. The summed E-state index contributed by atoms with van der Waals surface area (Å²) in [5.74, 6) is 0.921. The largest absolute Gasteiger partial charge is 0.428 e. The number of ether oxygens (including phenoxy) is 1. The molecule has 0 spiro atoms. The SMILES string of the molecule is CCN1C/C(=C\c2ccc3c(c2)c2ccccc2n3CC)OC1=Nc1ccccc1. The smallest absolute Gasteiger partial charge is 0.298 e. The Hall–Kier alpha value is -3.53. The number of fused-ring (bicyclic) bond motifs is 3. The molecule has 4 nitrogen and oxygen atoms in total. The second kappa shape index (κ2) is 7.71. The van der Waals surface area contributed by atoms with Gasteiger partial charge in [0, 0.05) is 34.9 Å². The standard InChI is InChI=1S/C26H25N3O/c1-3-28-18-21(30-26(28)27-20-10-6-5-7-11-20)16-19-14-15-25-23(17-19)22-12-8-9-13-24(22)29(25)4-2/h5-17H,3-4,18H2,1-2H3/b21-16+,27-26?. The van der Waals surface area contributed by atoms with Gasteiger partial charge in [-0.05, 0) is 55.8 Å². The van der Waals surface area contributed by atoms with Gasteiger partial charge in [0.15, 0.2) is 0 Å². The lowest BCUT2D eigenvalue weighted by atomic mass is 10.1. The first kappa shape index (κ1) is 18.5. The van der Waals surface area contributed by atoms with Crippen LogP contribution in [0.25, 0.3) is 27.9 Å². The van der Waals surface area contributed by atoms with Crippen molar-refractivity contribution in [2.45, 2.75) is 20.4 Å². The predicted octanol–water partition coefficient (Wildman–Crippen LogP) is 6.20. The zero-order chi connectivity index (χ0) is 20.5. The molecule has 1 saturated heterocycles. The highest BCUT2D eigenvalue weighted by molar-refractivity contribution is 6.08. The number of nitrogens with zero attached hydrogens (tertiary/aromatic N) is 3. The number of aryl methyl sites for hydroxylation is 1. The quantitative estimate of drug-likeness (QED) is 0.412. The Balaban J connectivity index is 1.52. The average molecular weight is 396 g/mol. The fourth-order valence-electron chi connectivity index (χ4n) is 4.19. The molecule has 5 rings (SSSR count). The fourth-order valence-corrected chi connectivity index (χ4v) is 4.19. The Kier molecular flexibility index (Phi) is 4.75. The molecular weight excluding hydrogens is 370 g/mol. The number of likely N-dealkylation sites (N-methyl/N-ethyl adjacent to an activating group) is 1. The first-order valence-electron chi connectivity index (χ1n) is 10.5. The summed E-state index contributed by atoms with van der Waals surface area (Å²) in [6.07, 6.45) is 2.13. The summed E-state index contributed by atoms with van der Waals surface area (Å²) in [6, 6.07) is 25.9. The van der Waals surface area contributed by atoms with E-state index in [2.05, 4.69) is 76.8 Å². The molecule has 0 atom stereocenters. The minimum absolute atomic E-state index is 0.665. The second-order valence-electron chi connectivity index (χ2n) is 7.49. The van der Waals surface area contributed by atoms with Crippen molar-refractivity contribution >= 4 is 39.6 Å². The van der Waals surface area contributed by atoms with Crippen LogP contribution >= 0.6 is 0 Å². The topological polar surface area (TPSA) is 29.8 Å². The molecule has 0 aliphatic carbocycles. The summed E-state index contributed by atoms with van der Waals surface area (Å²) in [4.78, 5) is 6.84. The minimum atomic E-state index is 0.665. The second-order valence-corrected chi connectivity index (χ2v) is 7.49. The van der Waals surface area contributed by atoms with Gasteiger partial charge in [0.2, 0.25) is 0 Å². The van der Waals surface area contributed by atoms with E-state index in [-0.39, 0.29) is 0 Å². The monoisotopic (exact) mass is 395 g/mol. The van der Waals surface area contributed by atoms with Gasteiger partial charge in [0.05, 0.1) is 12.2 Å². The van der Waals surface area contributed by atoms with Gasteiger partial charge < -0.3 is 14.2 Å². The molecule has 4 heteroatoms. The van der Waals surface area contributed by atoms with Crippen molar-refractivity contribution in [1.29, 1.82) is 0 Å². The molecule has 0 bridgehead atoms. The van der Waals surface area contributed by atoms with E-state index >= 15 is 0 Å². The summed E-state index contributed by atoms with van der Waals surface area (Å²) in [7, 11) is 0. The molecule has 0 N–H and O–H groups in total. The van der Waals surface area contributed by atoms with Crippen LogP contribution in [-0.2, 0) is 11.3 Å². The summed E-state index contributed by atoms with van der Waals surface area (Å²) in [5, 5.41) is 2.58. The highest BCUT2D eigenvalue weighted by Gasteiger charge is 2.24. The van der Waals surface area contributed by atoms with Crippen molar-refractivity contribution in [2.24, 2.45) is 4.99 Å². The van der Waals surface area contributed by atoms with Crippen molar-refractivity contribution in [2.75, 3.05) is 13.1 Å². The fraction of sp³-hybridized carbons (Fsp3) is 0.192. The lowest BCUT2D eigenvalue weighted by molar-refractivity contribution is 0.426. The molecule has 0 unspecified atom stereocenters. The molecule has 1 fully saturated rings. The predicted molar refractivity (Wildman–Crippen MR) is 125 cm³/mol. The minimum Gasteiger partial charge on any atom is -0.428 e. The number of rotatable bonds is 4. The molecule has 2 heterocycles. The highest BCUT2D eigenvalue weighted by atomic mass is 16.5. The van der Waals surface area contributed by atoms with Gasteiger partial charge in [-0.1, -0.05) is 42.5 Å². The van der Waals surface area contributed by atoms with E-state index in [0.717, 1.165) is 36.6 Å². The molecule has 30 heavy (non-hydrogen) atoms. The first-order chi connectivity index (χ1) is 14.8. The van der Waals surface area contributed by atoms with Gasteiger partial charge in [0.1, 0.15) is 5.76 Å². The van der Waals surface area contributed by atoms with E-state index in [1.165, 1.54) is 21.8 Å². The number of aliphatic imine (C=N–C) groups is 1. The molecule has 1 aliphatic rings. The van der Waals surface area contributed by atoms with Gasteiger partial charge in [-0.3, -0.25) is 0 Å². The molecule has 0 radical (unpaired) electrons. The van der Waals surface area contributed by atoms with Gasteiger partial charge in [0.25, 0.3) is 6.02 Å². The Bertz CT molecular complexity index is 1270. The van der Waals surface area contributed by atoms with Gasteiger partial charge >= 0.3 is 0 Å². The average Bonchev–Trinajstić information content (AvgIpc) is 3.32. The summed E-state index contributed by atoms with van der Waals surface area (Å²) < 4.78 is 8.50. The van der Waals surface area contributed by atoms with Crippen LogP contribution in [0.3, 0.4) is 0 Å².